The number of hydrogen-bond acceptors (Lipinski definition) is 3. The molecule has 2 rings (SSSR count). The second-order valence-corrected chi connectivity index (χ2v) is 5.87. The van der Waals surface area contributed by atoms with E-state index < -0.39 is 0 Å². The van der Waals surface area contributed by atoms with E-state index in [1.807, 2.05) is 13.8 Å². The number of rotatable bonds is 2. The summed E-state index contributed by atoms with van der Waals surface area (Å²) in [6.45, 7) is 4.63. The number of nitrogens with one attached hydrogen (secondary N) is 1. The summed E-state index contributed by atoms with van der Waals surface area (Å²) in [5.74, 6) is -0.365. The molecule has 0 bridgehead atoms. The van der Waals surface area contributed by atoms with Crippen LogP contribution in [0.1, 0.15) is 37.0 Å². The maximum Gasteiger partial charge on any atom is 0.255 e. The van der Waals surface area contributed by atoms with Gasteiger partial charge in [0.2, 0.25) is 0 Å². The topological polar surface area (TPSA) is 58.6 Å². The molecular weight excluding hydrogens is 266 g/mol. The van der Waals surface area contributed by atoms with Gasteiger partial charge in [0.25, 0.3) is 5.91 Å². The first-order valence-corrected chi connectivity index (χ1v) is 6.68. The molecule has 1 atom stereocenters. The summed E-state index contributed by atoms with van der Waals surface area (Å²) in [7, 11) is 0. The predicted octanol–water partition coefficient (Wildman–Crippen LogP) is 2.73. The zero-order chi connectivity index (χ0) is 14.0. The van der Waals surface area contributed by atoms with E-state index in [0.717, 1.165) is 12.8 Å². The van der Waals surface area contributed by atoms with Crippen molar-refractivity contribution in [3.63, 3.8) is 0 Å². The van der Waals surface area contributed by atoms with Crippen molar-refractivity contribution >= 4 is 17.5 Å². The summed E-state index contributed by atoms with van der Waals surface area (Å²) < 4.78 is 5.60. The molecule has 1 aliphatic rings. The van der Waals surface area contributed by atoms with E-state index in [4.69, 9.17) is 16.3 Å². The Labute approximate surface area is 117 Å². The number of amides is 1. The predicted molar refractivity (Wildman–Crippen MR) is 73.6 cm³/mol. The van der Waals surface area contributed by atoms with Crippen LogP contribution in [0.4, 0.5) is 0 Å². The largest absolute Gasteiger partial charge is 0.507 e. The number of aromatic hydroxyl groups is 1. The lowest BCUT2D eigenvalue weighted by atomic mass is 9.93. The highest BCUT2D eigenvalue weighted by molar-refractivity contribution is 6.31. The number of hydrogen-bond donors (Lipinski definition) is 2. The van der Waals surface area contributed by atoms with Crippen molar-refractivity contribution in [2.24, 2.45) is 0 Å². The van der Waals surface area contributed by atoms with Gasteiger partial charge in [-0.1, -0.05) is 11.6 Å². The van der Waals surface area contributed by atoms with Crippen LogP contribution in [0, 0.1) is 0 Å². The Morgan fingerprint density at radius 2 is 2.26 bits per heavy atom. The van der Waals surface area contributed by atoms with Crippen molar-refractivity contribution in [1.29, 1.82) is 0 Å². The minimum Gasteiger partial charge on any atom is -0.507 e. The standard InChI is InChI=1S/C14H18ClNO3/c1-14(2)8-10(5-6-19-14)16-13(18)11-7-9(15)3-4-12(11)17/h3-4,7,10,17H,5-6,8H2,1-2H3,(H,16,18). The molecule has 0 aromatic heterocycles. The minimum atomic E-state index is -0.303. The van der Waals surface area contributed by atoms with E-state index in [9.17, 15) is 9.90 Å². The number of carbonyl (C=O) groups excluding carboxylic acids is 1. The highest BCUT2D eigenvalue weighted by atomic mass is 35.5. The van der Waals surface area contributed by atoms with E-state index in [2.05, 4.69) is 5.32 Å². The summed E-state index contributed by atoms with van der Waals surface area (Å²) in [6.07, 6.45) is 1.52. The highest BCUT2D eigenvalue weighted by Gasteiger charge is 2.30. The van der Waals surface area contributed by atoms with Crippen LogP contribution < -0.4 is 5.32 Å². The lowest BCUT2D eigenvalue weighted by Gasteiger charge is -2.35. The lowest BCUT2D eigenvalue weighted by Crippen LogP contribution is -2.45. The van der Waals surface area contributed by atoms with E-state index >= 15 is 0 Å². The molecule has 1 aromatic rings. The van der Waals surface area contributed by atoms with Gasteiger partial charge in [0.15, 0.2) is 0 Å². The molecule has 1 aliphatic heterocycles. The Bertz CT molecular complexity index is 488. The maximum atomic E-state index is 12.1. The Morgan fingerprint density at radius 3 is 2.95 bits per heavy atom. The second-order valence-electron chi connectivity index (χ2n) is 5.43. The fourth-order valence-corrected chi connectivity index (χ4v) is 2.48. The third-order valence-electron chi connectivity index (χ3n) is 3.24. The molecule has 1 fully saturated rings. The van der Waals surface area contributed by atoms with Gasteiger partial charge in [-0.05, 0) is 44.9 Å². The summed E-state index contributed by atoms with van der Waals surface area (Å²) in [4.78, 5) is 12.1. The van der Waals surface area contributed by atoms with Gasteiger partial charge >= 0.3 is 0 Å². The summed E-state index contributed by atoms with van der Waals surface area (Å²) in [5.41, 5.74) is -0.0242. The number of phenols is 1. The average Bonchev–Trinajstić information content (AvgIpc) is 2.31. The normalized spacial score (nSPS) is 21.9. The molecule has 5 heteroatoms. The SMILES string of the molecule is CC1(C)CC(NC(=O)c2cc(Cl)ccc2O)CCO1. The zero-order valence-electron chi connectivity index (χ0n) is 11.1. The number of halogens is 1. The van der Waals surface area contributed by atoms with Gasteiger partial charge in [-0.2, -0.15) is 0 Å². The van der Waals surface area contributed by atoms with Crippen molar-refractivity contribution in [1.82, 2.24) is 5.32 Å². The smallest absolute Gasteiger partial charge is 0.255 e. The van der Waals surface area contributed by atoms with E-state index in [0.29, 0.717) is 11.6 Å². The fourth-order valence-electron chi connectivity index (χ4n) is 2.31. The molecule has 4 nitrogen and oxygen atoms in total. The minimum absolute atomic E-state index is 0.0506. The van der Waals surface area contributed by atoms with Gasteiger partial charge in [-0.15, -0.1) is 0 Å². The van der Waals surface area contributed by atoms with Gasteiger partial charge in [0, 0.05) is 17.7 Å². The summed E-state index contributed by atoms with van der Waals surface area (Å²) in [6, 6.07) is 4.49. The first-order chi connectivity index (χ1) is 8.87. The molecule has 1 saturated heterocycles. The van der Waals surface area contributed by atoms with Crippen molar-refractivity contribution in [3.8, 4) is 5.75 Å². The molecule has 0 radical (unpaired) electrons. The molecule has 104 valence electrons. The number of benzene rings is 1. The van der Waals surface area contributed by atoms with Gasteiger partial charge in [-0.25, -0.2) is 0 Å². The van der Waals surface area contributed by atoms with Crippen molar-refractivity contribution in [2.45, 2.75) is 38.3 Å². The summed E-state index contributed by atoms with van der Waals surface area (Å²) >= 11 is 5.84. The van der Waals surface area contributed by atoms with Crippen LogP contribution in [0.25, 0.3) is 0 Å². The van der Waals surface area contributed by atoms with Gasteiger partial charge < -0.3 is 15.2 Å². The number of ether oxygens (including phenoxy) is 1. The molecule has 2 N–H and O–H groups in total. The molecule has 1 aromatic carbocycles. The van der Waals surface area contributed by atoms with E-state index in [1.54, 1.807) is 6.07 Å². The second kappa shape index (κ2) is 5.39. The third-order valence-corrected chi connectivity index (χ3v) is 3.47. The molecule has 0 aliphatic carbocycles. The fraction of sp³-hybridized carbons (Fsp3) is 0.500. The van der Waals surface area contributed by atoms with Crippen molar-refractivity contribution in [2.75, 3.05) is 6.61 Å². The monoisotopic (exact) mass is 283 g/mol. The van der Waals surface area contributed by atoms with E-state index in [-0.39, 0.29) is 28.9 Å². The quantitative estimate of drug-likeness (QED) is 0.877. The Kier molecular flexibility index (Phi) is 4.02. The molecule has 0 saturated carbocycles. The van der Waals surface area contributed by atoms with Crippen LogP contribution in [0.2, 0.25) is 5.02 Å². The Morgan fingerprint density at radius 1 is 1.53 bits per heavy atom. The first-order valence-electron chi connectivity index (χ1n) is 6.31. The Hall–Kier alpha value is -1.26. The van der Waals surface area contributed by atoms with Crippen LogP contribution in [-0.2, 0) is 4.74 Å². The molecule has 1 heterocycles. The summed E-state index contributed by atoms with van der Waals surface area (Å²) in [5, 5.41) is 13.0. The van der Waals surface area contributed by atoms with E-state index in [1.165, 1.54) is 12.1 Å². The lowest BCUT2D eigenvalue weighted by molar-refractivity contribution is -0.0615. The van der Waals surface area contributed by atoms with Crippen LogP contribution in [-0.4, -0.2) is 29.3 Å². The average molecular weight is 284 g/mol. The number of carbonyl (C=O) groups is 1. The van der Waals surface area contributed by atoms with Gasteiger partial charge in [0.1, 0.15) is 5.75 Å². The maximum absolute atomic E-state index is 12.1. The molecule has 19 heavy (non-hydrogen) atoms. The Balaban J connectivity index is 2.06. The van der Waals surface area contributed by atoms with Crippen LogP contribution in [0.3, 0.4) is 0 Å². The zero-order valence-corrected chi connectivity index (χ0v) is 11.8. The molecular formula is C14H18ClNO3. The highest BCUT2D eigenvalue weighted by Crippen LogP contribution is 2.25. The first kappa shape index (κ1) is 14.2. The van der Waals surface area contributed by atoms with Crippen molar-refractivity contribution in [3.05, 3.63) is 28.8 Å². The molecule has 0 spiro atoms. The molecule has 1 amide bonds. The van der Waals surface area contributed by atoms with Gasteiger partial charge in [-0.3, -0.25) is 4.79 Å². The van der Waals surface area contributed by atoms with Crippen molar-refractivity contribution < 1.29 is 14.6 Å². The number of phenolic OH excluding ortho intramolecular Hbond substituents is 1. The van der Waals surface area contributed by atoms with Gasteiger partial charge in [0.05, 0.1) is 11.2 Å². The molecule has 1 unspecified atom stereocenters. The van der Waals surface area contributed by atoms with Crippen LogP contribution >= 0.6 is 11.6 Å². The van der Waals surface area contributed by atoms with Crippen LogP contribution in [0.5, 0.6) is 5.75 Å². The third kappa shape index (κ3) is 3.61. The van der Waals surface area contributed by atoms with Crippen LogP contribution in [0.15, 0.2) is 18.2 Å².